The number of carbonyl (C=O) groups is 3. The van der Waals surface area contributed by atoms with Crippen molar-refractivity contribution in [1.29, 1.82) is 0 Å². The monoisotopic (exact) mass is 724 g/mol. The van der Waals surface area contributed by atoms with Crippen LogP contribution in [0, 0.1) is 39.4 Å². The molecule has 13 heteroatoms. The van der Waals surface area contributed by atoms with Gasteiger partial charge in [0.15, 0.2) is 12.1 Å². The van der Waals surface area contributed by atoms with E-state index in [4.69, 9.17) is 14.2 Å². The summed E-state index contributed by atoms with van der Waals surface area (Å²) >= 11 is 0. The topological polar surface area (TPSA) is 221 Å². The van der Waals surface area contributed by atoms with Gasteiger partial charge in [-0.2, -0.15) is 0 Å². The molecule has 0 spiro atoms. The fourth-order valence-electron chi connectivity index (χ4n) is 11.4. The number of ether oxygens (including phenoxy) is 3. The van der Waals surface area contributed by atoms with Gasteiger partial charge in [-0.05, 0) is 69.1 Å². The molecule has 290 valence electrons. The molecule has 4 fully saturated rings. The molecule has 3 saturated carbocycles. The summed E-state index contributed by atoms with van der Waals surface area (Å²) in [5, 5.41) is 76.3. The van der Waals surface area contributed by atoms with E-state index in [0.29, 0.717) is 6.42 Å². The number of Topliss-reactive ketones (excluding diaryl/α,β-unsaturated/α-hetero) is 2. The summed E-state index contributed by atoms with van der Waals surface area (Å²) < 4.78 is 17.1. The van der Waals surface area contributed by atoms with Crippen LogP contribution in [0.15, 0.2) is 11.6 Å². The smallest absolute Gasteiger partial charge is 0.303 e. The molecule has 51 heavy (non-hydrogen) atoms. The van der Waals surface area contributed by atoms with Gasteiger partial charge in [-0.25, -0.2) is 0 Å². The number of aliphatic hydroxyl groups excluding tert-OH is 6. The lowest BCUT2D eigenvalue weighted by Crippen LogP contribution is -2.66. The number of fused-ring (bicyclic) bond motifs is 5. The highest BCUT2D eigenvalue weighted by Gasteiger charge is 2.74. The quantitative estimate of drug-likeness (QED) is 0.132. The van der Waals surface area contributed by atoms with E-state index in [2.05, 4.69) is 6.08 Å². The normalized spacial score (nSPS) is 46.2. The van der Waals surface area contributed by atoms with Crippen molar-refractivity contribution in [2.75, 3.05) is 6.61 Å². The van der Waals surface area contributed by atoms with Gasteiger partial charge in [-0.3, -0.25) is 14.4 Å². The second kappa shape index (κ2) is 13.2. The molecule has 13 nitrogen and oxygen atoms in total. The van der Waals surface area contributed by atoms with E-state index in [0.717, 1.165) is 5.57 Å². The zero-order chi connectivity index (χ0) is 38.4. The Labute approximate surface area is 300 Å². The largest absolute Gasteiger partial charge is 0.460 e. The lowest BCUT2D eigenvalue weighted by atomic mass is 9.38. The summed E-state index contributed by atoms with van der Waals surface area (Å²) in [6, 6.07) is 0. The van der Waals surface area contributed by atoms with Gasteiger partial charge >= 0.3 is 5.97 Å². The Morgan fingerprint density at radius 3 is 2.18 bits per heavy atom. The first-order valence-corrected chi connectivity index (χ1v) is 18.3. The molecule has 1 aliphatic heterocycles. The predicted molar refractivity (Wildman–Crippen MR) is 181 cm³/mol. The Balaban J connectivity index is 1.44. The molecule has 0 radical (unpaired) electrons. The van der Waals surface area contributed by atoms with Gasteiger partial charge in [-0.1, -0.05) is 46.3 Å². The minimum atomic E-state index is -1.97. The van der Waals surface area contributed by atoms with Crippen LogP contribution in [-0.2, 0) is 28.6 Å². The molecule has 0 aromatic rings. The first kappa shape index (κ1) is 40.4. The molecule has 4 aliphatic carbocycles. The highest BCUT2D eigenvalue weighted by molar-refractivity contribution is 5.90. The maximum absolute atomic E-state index is 14.7. The molecule has 5 aliphatic rings. The molecule has 1 saturated heterocycles. The van der Waals surface area contributed by atoms with Crippen LogP contribution in [0.5, 0.6) is 0 Å². The Morgan fingerprint density at radius 1 is 0.961 bits per heavy atom. The van der Waals surface area contributed by atoms with Gasteiger partial charge in [-0.15, -0.1) is 0 Å². The van der Waals surface area contributed by atoms with Crippen molar-refractivity contribution in [3.63, 3.8) is 0 Å². The molecule has 0 aromatic carbocycles. The summed E-state index contributed by atoms with van der Waals surface area (Å²) in [5.74, 6) is -2.70. The molecule has 7 N–H and O–H groups in total. The summed E-state index contributed by atoms with van der Waals surface area (Å²) in [6.45, 7) is 15.1. The third-order valence-electron chi connectivity index (χ3n) is 14.3. The van der Waals surface area contributed by atoms with Gasteiger partial charge in [0, 0.05) is 36.5 Å². The van der Waals surface area contributed by atoms with Crippen molar-refractivity contribution in [2.45, 2.75) is 161 Å². The highest BCUT2D eigenvalue weighted by atomic mass is 16.7. The zero-order valence-electron chi connectivity index (χ0n) is 31.5. The zero-order valence-corrected chi connectivity index (χ0v) is 31.5. The van der Waals surface area contributed by atoms with Crippen LogP contribution < -0.4 is 0 Å². The summed E-state index contributed by atoms with van der Waals surface area (Å²) in [5.41, 5.74) is -5.51. The number of allylic oxidation sites excluding steroid dienone is 1. The molecule has 0 unspecified atom stereocenters. The van der Waals surface area contributed by atoms with E-state index in [1.807, 2.05) is 34.6 Å². The maximum atomic E-state index is 14.7. The average Bonchev–Trinajstić information content (AvgIpc) is 3.22. The van der Waals surface area contributed by atoms with Crippen molar-refractivity contribution in [3.05, 3.63) is 11.6 Å². The number of rotatable bonds is 9. The average molecular weight is 725 g/mol. The second-order valence-electron chi connectivity index (χ2n) is 18.2. The SMILES string of the molecule is CC(=O)OC(C)(C)CCC(=O)[C@](C)(O)[C@H]1[C@H](O)C[C@@]2(C)[C@@H]3CC=C4[C@@H](C[C@H](O)[C@@H](O[C@@H]5O[C@H](CO)[C@@H](O)[C@H](O)[C@H]5O)C4(C)C)[C@]3(C)C(=O)C[C@]12C. The van der Waals surface area contributed by atoms with E-state index in [9.17, 15) is 50.1 Å². The standard InChI is InChI=1S/C38H60O13/c1-18(40)51-33(2,3)13-12-25(43)38(9,48)30-22(42)15-35(6)24-11-10-19-20(37(24,8)26(44)16-36(30,35)7)14-21(41)31(34(19,4)5)50-32-29(47)28(46)27(45)23(17-39)49-32/h10,20-24,27-32,39,41-42,45-48H,11-17H2,1-9H3/t20-,21+,22-,23-,24+,27-,28+,29-,30+,31-,32+,35+,36-,37+,38+/m1/s1. The van der Waals surface area contributed by atoms with Crippen molar-refractivity contribution >= 4 is 17.5 Å². The lowest BCUT2D eigenvalue weighted by molar-refractivity contribution is -0.327. The van der Waals surface area contributed by atoms with E-state index in [-0.39, 0.29) is 43.8 Å². The molecule has 0 aromatic heterocycles. The van der Waals surface area contributed by atoms with Gasteiger partial charge in [0.25, 0.3) is 0 Å². The third-order valence-corrected chi connectivity index (χ3v) is 14.3. The van der Waals surface area contributed by atoms with Crippen LogP contribution in [0.3, 0.4) is 0 Å². The number of esters is 1. The molecular weight excluding hydrogens is 664 g/mol. The van der Waals surface area contributed by atoms with Crippen LogP contribution >= 0.6 is 0 Å². The van der Waals surface area contributed by atoms with Crippen LogP contribution in [0.2, 0.25) is 0 Å². The predicted octanol–water partition coefficient (Wildman–Crippen LogP) is 1.34. The number of ketones is 2. The van der Waals surface area contributed by atoms with Crippen molar-refractivity contribution in [3.8, 4) is 0 Å². The molecule has 0 bridgehead atoms. The van der Waals surface area contributed by atoms with Crippen molar-refractivity contribution in [2.24, 2.45) is 39.4 Å². The Kier molecular flexibility index (Phi) is 10.4. The fraction of sp³-hybridized carbons (Fsp3) is 0.868. The van der Waals surface area contributed by atoms with Crippen LogP contribution in [0.1, 0.15) is 101 Å². The highest BCUT2D eigenvalue weighted by Crippen LogP contribution is 2.74. The summed E-state index contributed by atoms with van der Waals surface area (Å²) in [7, 11) is 0. The van der Waals surface area contributed by atoms with Gasteiger partial charge in [0.2, 0.25) is 0 Å². The van der Waals surface area contributed by atoms with Gasteiger partial charge in [0.1, 0.15) is 41.4 Å². The fourth-order valence-corrected chi connectivity index (χ4v) is 11.4. The maximum Gasteiger partial charge on any atom is 0.303 e. The molecule has 0 amide bonds. The first-order valence-electron chi connectivity index (χ1n) is 18.3. The minimum Gasteiger partial charge on any atom is -0.460 e. The van der Waals surface area contributed by atoms with Gasteiger partial charge < -0.3 is 50.0 Å². The van der Waals surface area contributed by atoms with Gasteiger partial charge in [0.05, 0.1) is 24.9 Å². The van der Waals surface area contributed by atoms with Crippen molar-refractivity contribution in [1.82, 2.24) is 0 Å². The molecule has 1 heterocycles. The van der Waals surface area contributed by atoms with Crippen LogP contribution in [0.25, 0.3) is 0 Å². The molecular formula is C38H60O13. The van der Waals surface area contributed by atoms with E-state index >= 15 is 0 Å². The van der Waals surface area contributed by atoms with E-state index in [1.54, 1.807) is 13.8 Å². The minimum absolute atomic E-state index is 0.00565. The number of aliphatic hydroxyl groups is 7. The summed E-state index contributed by atoms with van der Waals surface area (Å²) in [4.78, 5) is 40.0. The van der Waals surface area contributed by atoms with E-state index < -0.39 is 112 Å². The Hall–Kier alpha value is -1.81. The second-order valence-corrected chi connectivity index (χ2v) is 18.2. The van der Waals surface area contributed by atoms with Crippen molar-refractivity contribution < 1.29 is 64.3 Å². The summed E-state index contributed by atoms with van der Waals surface area (Å²) in [6.07, 6.45) is -7.59. The number of carbonyl (C=O) groups excluding carboxylic acids is 3. The number of hydrogen-bond acceptors (Lipinski definition) is 13. The van der Waals surface area contributed by atoms with Crippen LogP contribution in [-0.4, -0.2) is 120 Å². The van der Waals surface area contributed by atoms with Crippen LogP contribution in [0.4, 0.5) is 0 Å². The van der Waals surface area contributed by atoms with E-state index in [1.165, 1.54) is 13.8 Å². The third kappa shape index (κ3) is 6.16. The Bertz CT molecular complexity index is 1420. The molecule has 15 atom stereocenters. The number of hydrogen-bond donors (Lipinski definition) is 7. The first-order chi connectivity index (χ1) is 23.3. The molecule has 5 rings (SSSR count). The Morgan fingerprint density at radius 2 is 1.59 bits per heavy atom. The lowest BCUT2D eigenvalue weighted by Gasteiger charge is -2.65.